The van der Waals surface area contributed by atoms with Crippen molar-refractivity contribution in [2.45, 2.75) is 25.4 Å². The summed E-state index contributed by atoms with van der Waals surface area (Å²) in [5.41, 5.74) is 0.179. The maximum Gasteiger partial charge on any atom is 0.335 e. The van der Waals surface area contributed by atoms with Crippen LogP contribution in [0.25, 0.3) is 0 Å². The molecule has 0 radical (unpaired) electrons. The number of carboxylic acid groups (broad SMARTS) is 1. The van der Waals surface area contributed by atoms with E-state index in [0.717, 1.165) is 25.9 Å². The number of hydrogen-bond acceptors (Lipinski definition) is 4. The van der Waals surface area contributed by atoms with Crippen molar-refractivity contribution in [3.8, 4) is 11.5 Å². The Morgan fingerprint density at radius 3 is 2.89 bits per heavy atom. The summed E-state index contributed by atoms with van der Waals surface area (Å²) in [6, 6.07) is 4.58. The summed E-state index contributed by atoms with van der Waals surface area (Å²) in [4.78, 5) is 10.9. The molecule has 1 aromatic rings. The van der Waals surface area contributed by atoms with Gasteiger partial charge in [0.1, 0.15) is 6.61 Å². The first-order valence-corrected chi connectivity index (χ1v) is 6.36. The number of carboxylic acids is 1. The molecular weight excluding hydrogens is 248 g/mol. The van der Waals surface area contributed by atoms with Gasteiger partial charge in [-0.25, -0.2) is 4.79 Å². The molecule has 2 rings (SSSR count). The van der Waals surface area contributed by atoms with Gasteiger partial charge in [-0.2, -0.15) is 0 Å². The summed E-state index contributed by atoms with van der Waals surface area (Å²) in [6.45, 7) is 1.24. The number of aromatic carboxylic acids is 1. The Morgan fingerprint density at radius 2 is 2.26 bits per heavy atom. The van der Waals surface area contributed by atoms with Crippen LogP contribution in [0.4, 0.5) is 0 Å². The highest BCUT2D eigenvalue weighted by Gasteiger charge is 2.16. The van der Waals surface area contributed by atoms with Gasteiger partial charge < -0.3 is 19.3 Å². The van der Waals surface area contributed by atoms with Crippen LogP contribution in [0.5, 0.6) is 11.5 Å². The predicted molar refractivity (Wildman–Crippen MR) is 69.0 cm³/mol. The maximum atomic E-state index is 10.9. The van der Waals surface area contributed by atoms with Gasteiger partial charge in [-0.05, 0) is 37.5 Å². The Morgan fingerprint density at radius 1 is 1.42 bits per heavy atom. The van der Waals surface area contributed by atoms with E-state index in [0.29, 0.717) is 18.1 Å². The van der Waals surface area contributed by atoms with Crippen LogP contribution in [0.15, 0.2) is 18.2 Å². The molecule has 1 aromatic carbocycles. The smallest absolute Gasteiger partial charge is 0.335 e. The highest BCUT2D eigenvalue weighted by atomic mass is 16.5. The Hall–Kier alpha value is -1.75. The van der Waals surface area contributed by atoms with Gasteiger partial charge in [0.2, 0.25) is 0 Å². The summed E-state index contributed by atoms with van der Waals surface area (Å²) in [5, 5.41) is 8.91. The monoisotopic (exact) mass is 266 g/mol. The molecule has 0 aromatic heterocycles. The van der Waals surface area contributed by atoms with E-state index in [1.165, 1.54) is 19.2 Å². The van der Waals surface area contributed by atoms with Crippen LogP contribution in [-0.2, 0) is 4.74 Å². The minimum absolute atomic E-state index is 0.109. The zero-order valence-corrected chi connectivity index (χ0v) is 10.9. The van der Waals surface area contributed by atoms with Crippen molar-refractivity contribution in [1.82, 2.24) is 0 Å². The van der Waals surface area contributed by atoms with E-state index >= 15 is 0 Å². The van der Waals surface area contributed by atoms with Crippen molar-refractivity contribution in [1.29, 1.82) is 0 Å². The van der Waals surface area contributed by atoms with Gasteiger partial charge in [0.05, 0.1) is 18.8 Å². The molecule has 1 saturated heterocycles. The summed E-state index contributed by atoms with van der Waals surface area (Å²) >= 11 is 0. The number of hydrogen-bond donors (Lipinski definition) is 1. The lowest BCUT2D eigenvalue weighted by atomic mass is 10.1. The number of carbonyl (C=O) groups is 1. The van der Waals surface area contributed by atoms with Gasteiger partial charge in [0.25, 0.3) is 0 Å². The van der Waals surface area contributed by atoms with E-state index in [1.54, 1.807) is 6.07 Å². The summed E-state index contributed by atoms with van der Waals surface area (Å²) < 4.78 is 16.4. The molecule has 0 saturated carbocycles. The molecular formula is C14H18O5. The molecule has 104 valence electrons. The SMILES string of the molecule is COc1cc(C(=O)O)ccc1OCC1CCCCO1. The second-order valence-corrected chi connectivity index (χ2v) is 4.47. The van der Waals surface area contributed by atoms with Crippen molar-refractivity contribution in [3.63, 3.8) is 0 Å². The second-order valence-electron chi connectivity index (χ2n) is 4.47. The van der Waals surface area contributed by atoms with Crippen LogP contribution in [0.1, 0.15) is 29.6 Å². The lowest BCUT2D eigenvalue weighted by molar-refractivity contribution is -0.0114. The van der Waals surface area contributed by atoms with E-state index in [4.69, 9.17) is 19.3 Å². The lowest BCUT2D eigenvalue weighted by Crippen LogP contribution is -2.25. The van der Waals surface area contributed by atoms with Crippen LogP contribution in [0.2, 0.25) is 0 Å². The van der Waals surface area contributed by atoms with Crippen LogP contribution in [0, 0.1) is 0 Å². The number of rotatable bonds is 5. The normalized spacial score (nSPS) is 18.9. The lowest BCUT2D eigenvalue weighted by Gasteiger charge is -2.23. The Kier molecular flexibility index (Phi) is 4.63. The van der Waals surface area contributed by atoms with Crippen molar-refractivity contribution >= 4 is 5.97 Å². The molecule has 0 spiro atoms. The van der Waals surface area contributed by atoms with E-state index < -0.39 is 5.97 Å². The fourth-order valence-corrected chi connectivity index (χ4v) is 2.04. The fraction of sp³-hybridized carbons (Fsp3) is 0.500. The molecule has 1 heterocycles. The molecule has 0 aliphatic carbocycles. The minimum Gasteiger partial charge on any atom is -0.493 e. The van der Waals surface area contributed by atoms with Crippen molar-refractivity contribution in [2.24, 2.45) is 0 Å². The average molecular weight is 266 g/mol. The van der Waals surface area contributed by atoms with Gasteiger partial charge in [-0.1, -0.05) is 0 Å². The Labute approximate surface area is 112 Å². The first-order chi connectivity index (χ1) is 9.20. The molecule has 1 unspecified atom stereocenters. The molecule has 1 atom stereocenters. The van der Waals surface area contributed by atoms with Crippen LogP contribution < -0.4 is 9.47 Å². The topological polar surface area (TPSA) is 65.0 Å². The molecule has 5 heteroatoms. The highest BCUT2D eigenvalue weighted by molar-refractivity contribution is 5.88. The largest absolute Gasteiger partial charge is 0.493 e. The number of benzene rings is 1. The van der Waals surface area contributed by atoms with Crippen molar-refractivity contribution < 1.29 is 24.1 Å². The summed E-state index contributed by atoms with van der Waals surface area (Å²) in [6.07, 6.45) is 3.36. The molecule has 1 aliphatic heterocycles. The van der Waals surface area contributed by atoms with Crippen molar-refractivity contribution in [2.75, 3.05) is 20.3 Å². The standard InChI is InChI=1S/C14H18O5/c1-17-13-8-10(14(15)16)5-6-12(13)19-9-11-4-2-3-7-18-11/h5-6,8,11H,2-4,7,9H2,1H3,(H,15,16). The zero-order chi connectivity index (χ0) is 13.7. The third-order valence-corrected chi connectivity index (χ3v) is 3.11. The second kappa shape index (κ2) is 6.43. The molecule has 1 N–H and O–H groups in total. The first-order valence-electron chi connectivity index (χ1n) is 6.36. The first kappa shape index (κ1) is 13.7. The van der Waals surface area contributed by atoms with Gasteiger partial charge in [0, 0.05) is 6.61 Å². The maximum absolute atomic E-state index is 10.9. The molecule has 5 nitrogen and oxygen atoms in total. The molecule has 1 aliphatic rings. The molecule has 1 fully saturated rings. The van der Waals surface area contributed by atoms with Gasteiger partial charge in [-0.15, -0.1) is 0 Å². The molecule has 19 heavy (non-hydrogen) atoms. The predicted octanol–water partition coefficient (Wildman–Crippen LogP) is 2.34. The zero-order valence-electron chi connectivity index (χ0n) is 10.9. The number of ether oxygens (including phenoxy) is 3. The van der Waals surface area contributed by atoms with Crippen LogP contribution in [-0.4, -0.2) is 37.5 Å². The number of methoxy groups -OCH3 is 1. The van der Waals surface area contributed by atoms with Gasteiger partial charge in [0.15, 0.2) is 11.5 Å². The molecule has 0 bridgehead atoms. The van der Waals surface area contributed by atoms with E-state index in [-0.39, 0.29) is 11.7 Å². The van der Waals surface area contributed by atoms with E-state index in [9.17, 15) is 4.79 Å². The van der Waals surface area contributed by atoms with Gasteiger partial charge >= 0.3 is 5.97 Å². The Bertz CT molecular complexity index is 437. The quantitative estimate of drug-likeness (QED) is 0.886. The van der Waals surface area contributed by atoms with Crippen molar-refractivity contribution in [3.05, 3.63) is 23.8 Å². The Balaban J connectivity index is 2.00. The van der Waals surface area contributed by atoms with Gasteiger partial charge in [-0.3, -0.25) is 0 Å². The fourth-order valence-electron chi connectivity index (χ4n) is 2.04. The summed E-state index contributed by atoms with van der Waals surface area (Å²) in [5.74, 6) is -0.0159. The minimum atomic E-state index is -0.986. The third kappa shape index (κ3) is 3.61. The average Bonchev–Trinajstić information content (AvgIpc) is 2.45. The molecule has 0 amide bonds. The summed E-state index contributed by atoms with van der Waals surface area (Å²) in [7, 11) is 1.49. The van der Waals surface area contributed by atoms with Crippen LogP contribution in [0.3, 0.4) is 0 Å². The van der Waals surface area contributed by atoms with E-state index in [2.05, 4.69) is 0 Å². The third-order valence-electron chi connectivity index (χ3n) is 3.11. The highest BCUT2D eigenvalue weighted by Crippen LogP contribution is 2.28. The van der Waals surface area contributed by atoms with E-state index in [1.807, 2.05) is 0 Å². The van der Waals surface area contributed by atoms with Crippen LogP contribution >= 0.6 is 0 Å².